The van der Waals surface area contributed by atoms with Crippen molar-refractivity contribution in [2.45, 2.75) is 65.7 Å². The summed E-state index contributed by atoms with van der Waals surface area (Å²) in [6, 6.07) is 22.3. The second kappa shape index (κ2) is 14.4. The van der Waals surface area contributed by atoms with E-state index in [2.05, 4.69) is 48.3 Å². The summed E-state index contributed by atoms with van der Waals surface area (Å²) in [6.45, 7) is 9.54. The van der Waals surface area contributed by atoms with Gasteiger partial charge in [-0.2, -0.15) is 0 Å². The first-order chi connectivity index (χ1) is 22.2. The van der Waals surface area contributed by atoms with Gasteiger partial charge in [-0.05, 0) is 71.0 Å². The molecule has 0 saturated carbocycles. The third kappa shape index (κ3) is 7.43. The molecular weight excluding hydrogens is 578 g/mol. The van der Waals surface area contributed by atoms with Crippen LogP contribution in [0, 0.1) is 0 Å². The van der Waals surface area contributed by atoms with Gasteiger partial charge in [0, 0.05) is 35.6 Å². The Morgan fingerprint density at radius 2 is 1.74 bits per heavy atom. The number of methoxy groups -OCH3 is 1. The Bertz CT molecular complexity index is 1880. The van der Waals surface area contributed by atoms with E-state index in [1.165, 1.54) is 0 Å². The lowest BCUT2D eigenvalue weighted by Crippen LogP contribution is -2.30. The Kier molecular flexibility index (Phi) is 10.1. The van der Waals surface area contributed by atoms with Gasteiger partial charge in [0.15, 0.2) is 0 Å². The van der Waals surface area contributed by atoms with Crippen LogP contribution in [0.15, 0.2) is 90.0 Å². The quantitative estimate of drug-likeness (QED) is 0.156. The molecule has 3 aromatic heterocycles. The molecule has 0 bridgehead atoms. The maximum atomic E-state index is 14.2. The molecule has 238 valence electrons. The van der Waals surface area contributed by atoms with Gasteiger partial charge in [-0.1, -0.05) is 64.4 Å². The van der Waals surface area contributed by atoms with Crippen LogP contribution < -0.4 is 20.9 Å². The lowest BCUT2D eigenvalue weighted by Gasteiger charge is -2.24. The van der Waals surface area contributed by atoms with Crippen molar-refractivity contribution in [3.8, 4) is 16.9 Å². The predicted molar refractivity (Wildman–Crippen MR) is 183 cm³/mol. The Balaban J connectivity index is 1.52. The summed E-state index contributed by atoms with van der Waals surface area (Å²) in [7, 11) is 1.60. The smallest absolute Gasteiger partial charge is 0.323 e. The zero-order chi connectivity index (χ0) is 32.7. The summed E-state index contributed by atoms with van der Waals surface area (Å²) in [4.78, 5) is 36.9. The molecule has 0 saturated heterocycles. The van der Waals surface area contributed by atoms with Crippen LogP contribution in [0.4, 0.5) is 16.2 Å². The van der Waals surface area contributed by atoms with Crippen LogP contribution >= 0.6 is 0 Å². The maximum absolute atomic E-state index is 14.2. The van der Waals surface area contributed by atoms with Crippen LogP contribution in [0.5, 0.6) is 5.75 Å². The largest absolute Gasteiger partial charge is 0.497 e. The Labute approximate surface area is 269 Å². The second-order valence-corrected chi connectivity index (χ2v) is 12.2. The van der Waals surface area contributed by atoms with Crippen LogP contribution in [-0.2, 0) is 29.9 Å². The molecule has 0 spiro atoms. The van der Waals surface area contributed by atoms with E-state index in [4.69, 9.17) is 9.47 Å². The zero-order valence-electron chi connectivity index (χ0n) is 27.1. The van der Waals surface area contributed by atoms with Gasteiger partial charge in [-0.15, -0.1) is 0 Å². The summed E-state index contributed by atoms with van der Waals surface area (Å²) >= 11 is 0. The van der Waals surface area contributed by atoms with Crippen molar-refractivity contribution in [2.24, 2.45) is 0 Å². The van der Waals surface area contributed by atoms with E-state index < -0.39 is 6.03 Å². The minimum absolute atomic E-state index is 0.175. The highest BCUT2D eigenvalue weighted by Crippen LogP contribution is 2.35. The first-order valence-electron chi connectivity index (χ1n) is 15.5. The van der Waals surface area contributed by atoms with E-state index in [0.29, 0.717) is 42.4 Å². The predicted octanol–water partition coefficient (Wildman–Crippen LogP) is 7.93. The Morgan fingerprint density at radius 1 is 0.913 bits per heavy atom. The summed E-state index contributed by atoms with van der Waals surface area (Å²) in [5, 5.41) is 6.74. The van der Waals surface area contributed by atoms with Gasteiger partial charge in [0.25, 0.3) is 5.56 Å². The number of fused-ring (bicyclic) bond motifs is 1. The molecular formula is C37H41N5O4. The third-order valence-corrected chi connectivity index (χ3v) is 7.74. The number of hydrogen-bond acceptors (Lipinski definition) is 6. The molecule has 0 aliphatic rings. The number of pyridine rings is 3. The summed E-state index contributed by atoms with van der Waals surface area (Å²) in [5.41, 5.74) is 4.81. The number of amides is 2. The molecule has 0 aliphatic carbocycles. The molecule has 0 unspecified atom stereocenters. The molecule has 3 heterocycles. The van der Waals surface area contributed by atoms with E-state index in [0.717, 1.165) is 40.6 Å². The number of ether oxygens (including phenoxy) is 2. The number of carbonyl (C=O) groups is 1. The molecule has 0 aliphatic heterocycles. The number of anilines is 2. The lowest BCUT2D eigenvalue weighted by molar-refractivity contribution is 0.104. The van der Waals surface area contributed by atoms with Gasteiger partial charge in [-0.3, -0.25) is 14.3 Å². The number of carbonyl (C=O) groups excluding carboxylic acids is 1. The average Bonchev–Trinajstić information content (AvgIpc) is 3.05. The van der Waals surface area contributed by atoms with Gasteiger partial charge in [0.2, 0.25) is 0 Å². The highest BCUT2D eigenvalue weighted by molar-refractivity contribution is 6.07. The van der Waals surface area contributed by atoms with E-state index in [1.807, 2.05) is 72.8 Å². The minimum atomic E-state index is -0.524. The molecule has 2 N–H and O–H groups in total. The monoisotopic (exact) mass is 619 g/mol. The van der Waals surface area contributed by atoms with Crippen molar-refractivity contribution < 1.29 is 14.3 Å². The fourth-order valence-corrected chi connectivity index (χ4v) is 5.46. The highest BCUT2D eigenvalue weighted by Gasteiger charge is 2.23. The van der Waals surface area contributed by atoms with Crippen molar-refractivity contribution >= 4 is 28.4 Å². The highest BCUT2D eigenvalue weighted by atomic mass is 16.5. The molecule has 46 heavy (non-hydrogen) atoms. The first kappa shape index (κ1) is 32.4. The zero-order valence-corrected chi connectivity index (χ0v) is 27.1. The Hall–Kier alpha value is -5.02. The van der Waals surface area contributed by atoms with Gasteiger partial charge >= 0.3 is 6.03 Å². The normalized spacial score (nSPS) is 11.4. The van der Waals surface area contributed by atoms with Crippen molar-refractivity contribution in [1.29, 1.82) is 0 Å². The molecule has 2 aromatic carbocycles. The fourth-order valence-electron chi connectivity index (χ4n) is 5.46. The number of aryl methyl sites for hydroxylation is 1. The van der Waals surface area contributed by atoms with E-state index in [1.54, 1.807) is 24.1 Å². The topological polar surface area (TPSA) is 107 Å². The molecule has 0 radical (unpaired) electrons. The van der Waals surface area contributed by atoms with Crippen molar-refractivity contribution in [2.75, 3.05) is 17.7 Å². The number of hydrogen-bond donors (Lipinski definition) is 2. The van der Waals surface area contributed by atoms with Crippen LogP contribution in [0.1, 0.15) is 57.4 Å². The summed E-state index contributed by atoms with van der Waals surface area (Å²) in [6.07, 6.45) is 5.11. The van der Waals surface area contributed by atoms with Crippen LogP contribution in [0.25, 0.3) is 22.2 Å². The average molecular weight is 620 g/mol. The molecule has 9 nitrogen and oxygen atoms in total. The first-order valence-corrected chi connectivity index (χ1v) is 15.5. The number of rotatable bonds is 11. The van der Waals surface area contributed by atoms with Crippen LogP contribution in [0.2, 0.25) is 0 Å². The van der Waals surface area contributed by atoms with Gasteiger partial charge in [0.05, 0.1) is 26.0 Å². The number of nitrogens with zero attached hydrogens (tertiary/aromatic N) is 3. The maximum Gasteiger partial charge on any atom is 0.323 e. The minimum Gasteiger partial charge on any atom is -0.497 e. The van der Waals surface area contributed by atoms with Crippen LogP contribution in [-0.4, -0.2) is 27.7 Å². The Morgan fingerprint density at radius 3 is 2.48 bits per heavy atom. The van der Waals surface area contributed by atoms with Crippen molar-refractivity contribution in [3.63, 3.8) is 0 Å². The summed E-state index contributed by atoms with van der Waals surface area (Å²) in [5.74, 6) is 0.636. The van der Waals surface area contributed by atoms with Gasteiger partial charge < -0.3 is 20.1 Å². The van der Waals surface area contributed by atoms with E-state index in [-0.39, 0.29) is 16.7 Å². The van der Waals surface area contributed by atoms with Crippen LogP contribution in [0.3, 0.4) is 0 Å². The third-order valence-electron chi connectivity index (χ3n) is 7.74. The molecule has 5 aromatic rings. The number of aromatic nitrogens is 3. The van der Waals surface area contributed by atoms with Crippen molar-refractivity contribution in [3.05, 3.63) is 112 Å². The number of nitrogens with one attached hydrogen (secondary N) is 2. The second-order valence-electron chi connectivity index (χ2n) is 12.2. The van der Waals surface area contributed by atoms with E-state index >= 15 is 0 Å². The molecule has 0 fully saturated rings. The number of urea groups is 1. The SMILES string of the molecule is CCCCn1c(=O)c(NC(=O)Nc2cc(COCc3ccccn3)ccc2C(C)(C)C)c(-c2cccc(OC)c2)c2cccnc21. The molecule has 5 rings (SSSR count). The van der Waals surface area contributed by atoms with Gasteiger partial charge in [0.1, 0.15) is 17.1 Å². The molecule has 2 amide bonds. The number of unbranched alkanes of at least 4 members (excludes halogenated alkanes) is 1. The van der Waals surface area contributed by atoms with E-state index in [9.17, 15) is 9.59 Å². The summed E-state index contributed by atoms with van der Waals surface area (Å²) < 4.78 is 13.1. The lowest BCUT2D eigenvalue weighted by atomic mass is 9.85. The fraction of sp³-hybridized carbons (Fsp3) is 0.297. The van der Waals surface area contributed by atoms with Crippen molar-refractivity contribution in [1.82, 2.24) is 14.5 Å². The molecule has 0 atom stereocenters. The standard InChI is InChI=1S/C37H41N5O4/c1-6-7-20-42-34-29(15-11-19-39-34)32(26-12-10-14-28(22-26)45-5)33(35(42)43)41-36(44)40-31-21-25(16-17-30(31)37(2,3)4)23-46-24-27-13-8-9-18-38-27/h8-19,21-22H,6-7,20,23-24H2,1-5H3,(H2,40,41,44). The van der Waals surface area contributed by atoms with Gasteiger partial charge in [-0.25, -0.2) is 9.78 Å². The number of benzene rings is 2. The molecule has 9 heteroatoms.